The van der Waals surface area contributed by atoms with Crippen molar-refractivity contribution in [2.75, 3.05) is 11.9 Å². The molecule has 28 heavy (non-hydrogen) atoms. The number of esters is 1. The maximum absolute atomic E-state index is 13.0. The summed E-state index contributed by atoms with van der Waals surface area (Å²) in [6.07, 6.45) is 0.932. The highest BCUT2D eigenvalue weighted by molar-refractivity contribution is 9.10. The van der Waals surface area contributed by atoms with Crippen molar-refractivity contribution >= 4 is 44.1 Å². The monoisotopic (exact) mass is 475 g/mol. The second-order valence-corrected chi connectivity index (χ2v) is 8.32. The first-order valence-electron chi connectivity index (χ1n) is 8.95. The molecule has 2 aromatic rings. The summed E-state index contributed by atoms with van der Waals surface area (Å²) in [7, 11) is 0. The molecular weight excluding hydrogens is 456 g/mol. The largest absolute Gasteiger partial charge is 0.462 e. The Morgan fingerprint density at radius 2 is 2.07 bits per heavy atom. The summed E-state index contributed by atoms with van der Waals surface area (Å²) in [5, 5.41) is 7.02. The molecule has 1 aliphatic rings. The molecular formula is C18H20BrF2N3O3S. The van der Waals surface area contributed by atoms with E-state index in [1.165, 1.54) is 16.0 Å². The van der Waals surface area contributed by atoms with Crippen LogP contribution in [-0.2, 0) is 28.9 Å². The van der Waals surface area contributed by atoms with Gasteiger partial charge in [-0.05, 0) is 61.0 Å². The molecule has 0 bridgehead atoms. The Bertz CT molecular complexity index is 911. The lowest BCUT2D eigenvalue weighted by Crippen LogP contribution is -2.21. The fourth-order valence-electron chi connectivity index (χ4n) is 3.22. The number of halogens is 3. The van der Waals surface area contributed by atoms with Gasteiger partial charge >= 0.3 is 5.97 Å². The lowest BCUT2D eigenvalue weighted by molar-refractivity contribution is -0.116. The van der Waals surface area contributed by atoms with Crippen molar-refractivity contribution in [3.05, 3.63) is 31.9 Å². The average Bonchev–Trinajstić information content (AvgIpc) is 3.14. The zero-order chi connectivity index (χ0) is 20.4. The molecule has 0 radical (unpaired) electrons. The van der Waals surface area contributed by atoms with Crippen molar-refractivity contribution in [1.29, 1.82) is 0 Å². The van der Waals surface area contributed by atoms with Crippen LogP contribution in [0, 0.1) is 6.92 Å². The molecule has 0 unspecified atom stereocenters. The molecule has 10 heteroatoms. The Hall–Kier alpha value is -1.81. The zero-order valence-corrected chi connectivity index (χ0v) is 17.9. The van der Waals surface area contributed by atoms with Crippen LogP contribution in [0.4, 0.5) is 13.8 Å². The van der Waals surface area contributed by atoms with E-state index < -0.39 is 24.0 Å². The van der Waals surface area contributed by atoms with E-state index in [4.69, 9.17) is 4.74 Å². The molecule has 2 heterocycles. The summed E-state index contributed by atoms with van der Waals surface area (Å²) in [5.41, 5.74) is 1.40. The SMILES string of the molecule is CCOC(=O)c1c(NC(=O)Cn2nc(C(F)F)c(Br)c2C)sc2c1CCCC2. The molecule has 0 aliphatic heterocycles. The van der Waals surface area contributed by atoms with E-state index in [9.17, 15) is 18.4 Å². The molecule has 6 nitrogen and oxygen atoms in total. The van der Waals surface area contributed by atoms with Crippen LogP contribution in [0.25, 0.3) is 0 Å². The van der Waals surface area contributed by atoms with E-state index in [1.807, 2.05) is 0 Å². The summed E-state index contributed by atoms with van der Waals surface area (Å²) in [4.78, 5) is 26.1. The average molecular weight is 476 g/mol. The molecule has 0 fully saturated rings. The summed E-state index contributed by atoms with van der Waals surface area (Å²) < 4.78 is 32.6. The molecule has 1 aliphatic carbocycles. The maximum Gasteiger partial charge on any atom is 0.341 e. The number of hydrogen-bond acceptors (Lipinski definition) is 5. The Labute approximate surface area is 173 Å². The van der Waals surface area contributed by atoms with Gasteiger partial charge in [-0.2, -0.15) is 5.10 Å². The van der Waals surface area contributed by atoms with Crippen LogP contribution < -0.4 is 5.32 Å². The summed E-state index contributed by atoms with van der Waals surface area (Å²) in [6.45, 7) is 3.34. The lowest BCUT2D eigenvalue weighted by Gasteiger charge is -2.12. The number of aromatic nitrogens is 2. The van der Waals surface area contributed by atoms with Crippen LogP contribution in [0.2, 0.25) is 0 Å². The highest BCUT2D eigenvalue weighted by atomic mass is 79.9. The molecule has 0 saturated carbocycles. The van der Waals surface area contributed by atoms with E-state index in [2.05, 4.69) is 26.3 Å². The Balaban J connectivity index is 1.84. The fraction of sp³-hybridized carbons (Fsp3) is 0.500. The number of fused-ring (bicyclic) bond motifs is 1. The first-order chi connectivity index (χ1) is 13.3. The highest BCUT2D eigenvalue weighted by Gasteiger charge is 2.28. The first-order valence-corrected chi connectivity index (χ1v) is 10.6. The van der Waals surface area contributed by atoms with Gasteiger partial charge in [0.25, 0.3) is 6.43 Å². The molecule has 1 N–H and O–H groups in total. The second kappa shape index (κ2) is 8.69. The Morgan fingerprint density at radius 1 is 1.36 bits per heavy atom. The van der Waals surface area contributed by atoms with Crippen LogP contribution >= 0.6 is 27.3 Å². The number of rotatable bonds is 6. The van der Waals surface area contributed by atoms with E-state index in [1.54, 1.807) is 13.8 Å². The molecule has 1 amide bonds. The molecule has 0 spiro atoms. The van der Waals surface area contributed by atoms with Crippen molar-refractivity contribution in [2.24, 2.45) is 0 Å². The number of nitrogens with one attached hydrogen (secondary N) is 1. The molecule has 3 rings (SSSR count). The smallest absolute Gasteiger partial charge is 0.341 e. The minimum atomic E-state index is -2.74. The number of aryl methyl sites for hydroxylation is 1. The van der Waals surface area contributed by atoms with Gasteiger partial charge in [-0.1, -0.05) is 0 Å². The molecule has 152 valence electrons. The number of ether oxygens (including phenoxy) is 1. The number of carbonyl (C=O) groups excluding carboxylic acids is 2. The Kier molecular flexibility index (Phi) is 6.49. The van der Waals surface area contributed by atoms with E-state index in [0.717, 1.165) is 36.1 Å². The standard InChI is InChI=1S/C18H20BrF2N3O3S/c1-3-27-18(26)13-10-6-4-5-7-11(10)28-17(13)22-12(25)8-24-9(2)14(19)15(23-24)16(20)21/h16H,3-8H2,1-2H3,(H,22,25). The number of thiophene rings is 1. The van der Waals surface area contributed by atoms with Gasteiger partial charge in [0.2, 0.25) is 5.91 Å². The van der Waals surface area contributed by atoms with Crippen molar-refractivity contribution in [3.8, 4) is 0 Å². The third-order valence-corrected chi connectivity index (χ3v) is 6.75. The normalized spacial score (nSPS) is 13.5. The number of anilines is 1. The van der Waals surface area contributed by atoms with Crippen LogP contribution in [0.5, 0.6) is 0 Å². The number of alkyl halides is 2. The van der Waals surface area contributed by atoms with Crippen molar-refractivity contribution in [1.82, 2.24) is 9.78 Å². The quantitative estimate of drug-likeness (QED) is 0.617. The van der Waals surface area contributed by atoms with Gasteiger partial charge in [-0.25, -0.2) is 13.6 Å². The Morgan fingerprint density at radius 3 is 2.71 bits per heavy atom. The summed E-state index contributed by atoms with van der Waals surface area (Å²) in [5.74, 6) is -0.890. The topological polar surface area (TPSA) is 73.2 Å². The van der Waals surface area contributed by atoms with Crippen LogP contribution in [0.15, 0.2) is 4.47 Å². The third-order valence-electron chi connectivity index (χ3n) is 4.56. The van der Waals surface area contributed by atoms with Crippen molar-refractivity contribution in [2.45, 2.75) is 52.5 Å². The van der Waals surface area contributed by atoms with Gasteiger partial charge in [-0.3, -0.25) is 9.48 Å². The van der Waals surface area contributed by atoms with Gasteiger partial charge in [0, 0.05) is 4.88 Å². The predicted octanol–water partition coefficient (Wildman–Crippen LogP) is 4.65. The minimum Gasteiger partial charge on any atom is -0.462 e. The van der Waals surface area contributed by atoms with Gasteiger partial charge < -0.3 is 10.1 Å². The van der Waals surface area contributed by atoms with Gasteiger partial charge in [0.1, 0.15) is 17.2 Å². The number of amides is 1. The first kappa shape index (κ1) is 20.9. The number of carbonyl (C=O) groups is 2. The maximum atomic E-state index is 13.0. The van der Waals surface area contributed by atoms with Gasteiger partial charge in [0.15, 0.2) is 0 Å². The van der Waals surface area contributed by atoms with Crippen LogP contribution in [0.1, 0.15) is 58.4 Å². The van der Waals surface area contributed by atoms with E-state index in [-0.39, 0.29) is 17.6 Å². The highest BCUT2D eigenvalue weighted by Crippen LogP contribution is 2.38. The molecule has 0 atom stereocenters. The van der Waals surface area contributed by atoms with Crippen LogP contribution in [-0.4, -0.2) is 28.3 Å². The number of hydrogen-bond donors (Lipinski definition) is 1. The fourth-order valence-corrected chi connectivity index (χ4v) is 4.97. The second-order valence-electron chi connectivity index (χ2n) is 6.43. The summed E-state index contributed by atoms with van der Waals surface area (Å²) in [6, 6.07) is 0. The molecule has 0 aromatic carbocycles. The lowest BCUT2D eigenvalue weighted by atomic mass is 9.95. The predicted molar refractivity (Wildman–Crippen MR) is 105 cm³/mol. The minimum absolute atomic E-state index is 0.189. The van der Waals surface area contributed by atoms with Crippen molar-refractivity contribution < 1.29 is 23.1 Å². The van der Waals surface area contributed by atoms with E-state index >= 15 is 0 Å². The van der Waals surface area contributed by atoms with Gasteiger partial charge in [0.05, 0.1) is 22.3 Å². The number of nitrogens with zero attached hydrogens (tertiary/aromatic N) is 2. The van der Waals surface area contributed by atoms with E-state index in [0.29, 0.717) is 16.3 Å². The summed E-state index contributed by atoms with van der Waals surface area (Å²) >= 11 is 4.47. The van der Waals surface area contributed by atoms with Crippen LogP contribution in [0.3, 0.4) is 0 Å². The van der Waals surface area contributed by atoms with Crippen molar-refractivity contribution in [3.63, 3.8) is 0 Å². The molecule has 2 aromatic heterocycles. The third kappa shape index (κ3) is 4.12. The zero-order valence-electron chi connectivity index (χ0n) is 15.5. The van der Waals surface area contributed by atoms with Gasteiger partial charge in [-0.15, -0.1) is 11.3 Å². The molecule has 0 saturated heterocycles.